The highest BCUT2D eigenvalue weighted by atomic mass is 35.5. The van der Waals surface area contributed by atoms with Crippen molar-refractivity contribution in [3.63, 3.8) is 0 Å². The molecule has 122 valence electrons. The quantitative estimate of drug-likeness (QED) is 0.787. The van der Waals surface area contributed by atoms with Crippen LogP contribution < -0.4 is 10.1 Å². The van der Waals surface area contributed by atoms with Crippen molar-refractivity contribution in [2.75, 3.05) is 13.7 Å². The Bertz CT molecular complexity index is 699. The molecule has 0 fully saturated rings. The highest BCUT2D eigenvalue weighted by molar-refractivity contribution is 6.30. The Balaban J connectivity index is 1.87. The van der Waals surface area contributed by atoms with E-state index in [4.69, 9.17) is 16.3 Å². The Hall–Kier alpha value is -1.75. The summed E-state index contributed by atoms with van der Waals surface area (Å²) >= 11 is 5.98. The SMILES string of the molecule is COc1cccc2c1CCC2(CO)NCc1cc(O)cc(Cl)c1. The number of hydrogen-bond acceptors (Lipinski definition) is 4. The molecule has 0 spiro atoms. The van der Waals surface area contributed by atoms with Gasteiger partial charge < -0.3 is 20.3 Å². The number of ether oxygens (including phenoxy) is 1. The molecule has 0 bridgehead atoms. The van der Waals surface area contributed by atoms with E-state index < -0.39 is 5.54 Å². The van der Waals surface area contributed by atoms with Crippen LogP contribution in [0.3, 0.4) is 0 Å². The summed E-state index contributed by atoms with van der Waals surface area (Å²) in [6.07, 6.45) is 1.65. The molecule has 2 aromatic rings. The molecule has 1 aliphatic rings. The maximum absolute atomic E-state index is 10.0. The van der Waals surface area contributed by atoms with Crippen molar-refractivity contribution in [2.45, 2.75) is 24.9 Å². The number of aliphatic hydroxyl groups is 1. The molecule has 0 aliphatic heterocycles. The lowest BCUT2D eigenvalue weighted by molar-refractivity contribution is 0.159. The highest BCUT2D eigenvalue weighted by Crippen LogP contribution is 2.41. The monoisotopic (exact) mass is 333 g/mol. The third-order valence-electron chi connectivity index (χ3n) is 4.51. The van der Waals surface area contributed by atoms with Gasteiger partial charge in [0.2, 0.25) is 0 Å². The number of fused-ring (bicyclic) bond motifs is 1. The van der Waals surface area contributed by atoms with Crippen LogP contribution in [0.15, 0.2) is 36.4 Å². The molecule has 3 N–H and O–H groups in total. The number of nitrogens with one attached hydrogen (secondary N) is 1. The average Bonchev–Trinajstić information content (AvgIpc) is 2.91. The number of halogens is 1. The number of aromatic hydroxyl groups is 1. The maximum atomic E-state index is 10.0. The topological polar surface area (TPSA) is 61.7 Å². The van der Waals surface area contributed by atoms with Crippen LogP contribution in [0.5, 0.6) is 11.5 Å². The Morgan fingerprint density at radius 2 is 2.13 bits per heavy atom. The summed E-state index contributed by atoms with van der Waals surface area (Å²) in [6.45, 7) is 0.505. The van der Waals surface area contributed by atoms with Gasteiger partial charge in [0.15, 0.2) is 0 Å². The molecule has 1 atom stereocenters. The van der Waals surface area contributed by atoms with Crippen molar-refractivity contribution in [2.24, 2.45) is 0 Å². The van der Waals surface area contributed by atoms with Gasteiger partial charge in [-0.1, -0.05) is 23.7 Å². The minimum Gasteiger partial charge on any atom is -0.508 e. The molecule has 0 heterocycles. The fourth-order valence-corrected chi connectivity index (χ4v) is 3.60. The standard InChI is InChI=1S/C18H20ClNO3/c1-23-17-4-2-3-16-15(17)5-6-18(16,11-21)20-10-12-7-13(19)9-14(22)8-12/h2-4,7-9,20-22H,5-6,10-11H2,1H3. The Labute approximate surface area is 140 Å². The molecule has 23 heavy (non-hydrogen) atoms. The second kappa shape index (κ2) is 6.40. The van der Waals surface area contributed by atoms with Crippen molar-refractivity contribution >= 4 is 11.6 Å². The van der Waals surface area contributed by atoms with E-state index in [9.17, 15) is 10.2 Å². The third kappa shape index (κ3) is 3.02. The van der Waals surface area contributed by atoms with Crippen LogP contribution in [0.1, 0.15) is 23.1 Å². The molecule has 1 aliphatic carbocycles. The van der Waals surface area contributed by atoms with Crippen molar-refractivity contribution in [1.29, 1.82) is 0 Å². The lowest BCUT2D eigenvalue weighted by atomic mass is 9.92. The van der Waals surface area contributed by atoms with Crippen LogP contribution in [0.25, 0.3) is 0 Å². The summed E-state index contributed by atoms with van der Waals surface area (Å²) in [5.41, 5.74) is 2.59. The molecular formula is C18H20ClNO3. The average molecular weight is 334 g/mol. The molecule has 0 saturated carbocycles. The Morgan fingerprint density at radius 1 is 1.30 bits per heavy atom. The predicted molar refractivity (Wildman–Crippen MR) is 90.0 cm³/mol. The lowest BCUT2D eigenvalue weighted by Crippen LogP contribution is -2.43. The summed E-state index contributed by atoms with van der Waals surface area (Å²) in [6, 6.07) is 10.9. The third-order valence-corrected chi connectivity index (χ3v) is 4.73. The molecular weight excluding hydrogens is 314 g/mol. The van der Waals surface area contributed by atoms with Gasteiger partial charge in [-0.15, -0.1) is 0 Å². The van der Waals surface area contributed by atoms with Gasteiger partial charge in [-0.3, -0.25) is 0 Å². The van der Waals surface area contributed by atoms with Gasteiger partial charge in [-0.05, 0) is 53.8 Å². The molecule has 2 aromatic carbocycles. The number of hydrogen-bond donors (Lipinski definition) is 3. The molecule has 0 saturated heterocycles. The number of phenolic OH excluding ortho intramolecular Hbond substituents is 1. The van der Waals surface area contributed by atoms with Crippen LogP contribution in [0, 0.1) is 0 Å². The number of aliphatic hydroxyl groups excluding tert-OH is 1. The van der Waals surface area contributed by atoms with E-state index in [-0.39, 0.29) is 12.4 Å². The van der Waals surface area contributed by atoms with Gasteiger partial charge in [0.25, 0.3) is 0 Å². The van der Waals surface area contributed by atoms with Gasteiger partial charge in [-0.2, -0.15) is 0 Å². The number of benzene rings is 2. The first-order valence-electron chi connectivity index (χ1n) is 7.59. The van der Waals surface area contributed by atoms with Gasteiger partial charge in [0.1, 0.15) is 11.5 Å². The normalized spacial score (nSPS) is 19.6. The van der Waals surface area contributed by atoms with Gasteiger partial charge in [-0.25, -0.2) is 0 Å². The summed E-state index contributed by atoms with van der Waals surface area (Å²) in [5.74, 6) is 1.00. The minimum atomic E-state index is -0.498. The van der Waals surface area contributed by atoms with Crippen LogP contribution in [-0.4, -0.2) is 23.9 Å². The van der Waals surface area contributed by atoms with E-state index in [0.717, 1.165) is 35.3 Å². The summed E-state index contributed by atoms with van der Waals surface area (Å²) in [5, 5.41) is 23.6. The van der Waals surface area contributed by atoms with Crippen molar-refractivity contribution < 1.29 is 14.9 Å². The smallest absolute Gasteiger partial charge is 0.122 e. The summed E-state index contributed by atoms with van der Waals surface area (Å²) in [4.78, 5) is 0. The van der Waals surface area contributed by atoms with E-state index in [0.29, 0.717) is 11.6 Å². The van der Waals surface area contributed by atoms with Gasteiger partial charge >= 0.3 is 0 Å². The first kappa shape index (κ1) is 16.1. The molecule has 0 radical (unpaired) electrons. The van der Waals surface area contributed by atoms with Crippen LogP contribution >= 0.6 is 11.6 Å². The maximum Gasteiger partial charge on any atom is 0.122 e. The molecule has 0 aromatic heterocycles. The first-order valence-corrected chi connectivity index (χ1v) is 7.96. The molecule has 1 unspecified atom stereocenters. The second-order valence-electron chi connectivity index (χ2n) is 5.90. The van der Waals surface area contributed by atoms with Crippen LogP contribution in [0.4, 0.5) is 0 Å². The number of methoxy groups -OCH3 is 1. The van der Waals surface area contributed by atoms with Crippen molar-refractivity contribution in [3.8, 4) is 11.5 Å². The van der Waals surface area contributed by atoms with Gasteiger partial charge in [0.05, 0.1) is 19.3 Å². The zero-order chi connectivity index (χ0) is 16.4. The predicted octanol–water partition coefficient (Wildman–Crippen LogP) is 2.98. The van der Waals surface area contributed by atoms with E-state index >= 15 is 0 Å². The second-order valence-corrected chi connectivity index (χ2v) is 6.33. The molecule has 4 nitrogen and oxygen atoms in total. The minimum absolute atomic E-state index is 0.000282. The number of rotatable bonds is 5. The van der Waals surface area contributed by atoms with E-state index in [2.05, 4.69) is 5.32 Å². The Kier molecular flexibility index (Phi) is 4.48. The van der Waals surface area contributed by atoms with E-state index in [1.54, 1.807) is 19.2 Å². The van der Waals surface area contributed by atoms with Crippen molar-refractivity contribution in [1.82, 2.24) is 5.32 Å². The molecule has 0 amide bonds. The van der Waals surface area contributed by atoms with Crippen molar-refractivity contribution in [3.05, 3.63) is 58.1 Å². The molecule has 5 heteroatoms. The highest BCUT2D eigenvalue weighted by Gasteiger charge is 2.39. The Morgan fingerprint density at radius 3 is 2.83 bits per heavy atom. The zero-order valence-corrected chi connectivity index (χ0v) is 13.7. The van der Waals surface area contributed by atoms with E-state index in [1.165, 1.54) is 6.07 Å². The summed E-state index contributed by atoms with van der Waals surface area (Å²) < 4.78 is 5.43. The largest absolute Gasteiger partial charge is 0.508 e. The lowest BCUT2D eigenvalue weighted by Gasteiger charge is -2.30. The zero-order valence-electron chi connectivity index (χ0n) is 13.0. The fraction of sp³-hybridized carbons (Fsp3) is 0.333. The van der Waals surface area contributed by atoms with Crippen LogP contribution in [0.2, 0.25) is 5.02 Å². The van der Waals surface area contributed by atoms with Gasteiger partial charge in [0, 0.05) is 11.6 Å². The summed E-state index contributed by atoms with van der Waals surface area (Å²) in [7, 11) is 1.66. The molecule has 3 rings (SSSR count). The number of phenols is 1. The van der Waals surface area contributed by atoms with Crippen LogP contribution in [-0.2, 0) is 18.5 Å². The fourth-order valence-electron chi connectivity index (χ4n) is 3.35. The first-order chi connectivity index (χ1) is 11.1. The van der Waals surface area contributed by atoms with E-state index in [1.807, 2.05) is 18.2 Å².